The number of ether oxygens (including phenoxy) is 4. The zero-order chi connectivity index (χ0) is 23.2. The Balaban J connectivity index is 1.78. The summed E-state index contributed by atoms with van der Waals surface area (Å²) in [4.78, 5) is 12.0. The van der Waals surface area contributed by atoms with Crippen LogP contribution in [0.15, 0.2) is 36.4 Å². The lowest BCUT2D eigenvalue weighted by atomic mass is 10.1. The van der Waals surface area contributed by atoms with Crippen LogP contribution in [-0.4, -0.2) is 25.3 Å². The first-order valence-electron chi connectivity index (χ1n) is 11.4. The number of phenols is 1. The SMILES string of the molecule is CCCCCCCCCC(=O)OCc1ccc(OCc2ccc(O)c(OC)c2)c(OC)c1. The van der Waals surface area contributed by atoms with E-state index < -0.39 is 0 Å². The molecular weight excluding hydrogens is 408 g/mol. The second kappa shape index (κ2) is 14.2. The van der Waals surface area contributed by atoms with Gasteiger partial charge >= 0.3 is 5.97 Å². The molecule has 0 spiro atoms. The van der Waals surface area contributed by atoms with Crippen molar-refractivity contribution in [2.24, 2.45) is 0 Å². The molecule has 0 aromatic heterocycles. The number of hydrogen-bond donors (Lipinski definition) is 1. The van der Waals surface area contributed by atoms with E-state index in [0.717, 1.165) is 24.0 Å². The number of carbonyl (C=O) groups excluding carboxylic acids is 1. The molecule has 6 nitrogen and oxygen atoms in total. The van der Waals surface area contributed by atoms with Gasteiger partial charge in [0.05, 0.1) is 14.2 Å². The minimum absolute atomic E-state index is 0.0831. The first kappa shape index (κ1) is 25.4. The Labute approximate surface area is 191 Å². The predicted molar refractivity (Wildman–Crippen MR) is 124 cm³/mol. The van der Waals surface area contributed by atoms with Crippen molar-refractivity contribution in [1.82, 2.24) is 0 Å². The van der Waals surface area contributed by atoms with Gasteiger partial charge in [0.15, 0.2) is 23.0 Å². The van der Waals surface area contributed by atoms with Crippen molar-refractivity contribution in [3.05, 3.63) is 47.5 Å². The predicted octanol–water partition coefficient (Wildman–Crippen LogP) is 6.17. The Hall–Kier alpha value is -2.89. The lowest BCUT2D eigenvalue weighted by molar-refractivity contribution is -0.145. The Kier molecular flexibility index (Phi) is 11.3. The third-order valence-corrected chi connectivity index (χ3v) is 5.25. The normalized spacial score (nSPS) is 10.6. The van der Waals surface area contributed by atoms with Gasteiger partial charge in [-0.25, -0.2) is 0 Å². The van der Waals surface area contributed by atoms with E-state index in [4.69, 9.17) is 18.9 Å². The molecule has 0 saturated heterocycles. The van der Waals surface area contributed by atoms with Gasteiger partial charge in [0.2, 0.25) is 0 Å². The Morgan fingerprint density at radius 3 is 2.12 bits per heavy atom. The van der Waals surface area contributed by atoms with E-state index in [1.807, 2.05) is 12.1 Å². The molecule has 0 bridgehead atoms. The second-order valence-corrected chi connectivity index (χ2v) is 7.81. The summed E-state index contributed by atoms with van der Waals surface area (Å²) in [5.41, 5.74) is 1.69. The smallest absolute Gasteiger partial charge is 0.306 e. The van der Waals surface area contributed by atoms with Gasteiger partial charge in [-0.15, -0.1) is 0 Å². The van der Waals surface area contributed by atoms with E-state index in [1.165, 1.54) is 39.2 Å². The quantitative estimate of drug-likeness (QED) is 0.261. The number of unbranched alkanes of at least 4 members (excludes halogenated alkanes) is 6. The van der Waals surface area contributed by atoms with Crippen LogP contribution in [-0.2, 0) is 22.7 Å². The average Bonchev–Trinajstić information content (AvgIpc) is 2.81. The molecule has 6 heteroatoms. The summed E-state index contributed by atoms with van der Waals surface area (Å²) >= 11 is 0. The van der Waals surface area contributed by atoms with Crippen LogP contribution in [0.25, 0.3) is 0 Å². The Morgan fingerprint density at radius 1 is 0.781 bits per heavy atom. The molecule has 0 heterocycles. The van der Waals surface area contributed by atoms with Crippen LogP contribution >= 0.6 is 0 Å². The summed E-state index contributed by atoms with van der Waals surface area (Å²) in [7, 11) is 3.07. The van der Waals surface area contributed by atoms with Crippen LogP contribution < -0.4 is 14.2 Å². The number of phenolic OH excluding ortho intramolecular Hbond substituents is 1. The van der Waals surface area contributed by atoms with E-state index in [1.54, 1.807) is 31.4 Å². The minimum Gasteiger partial charge on any atom is -0.504 e. The van der Waals surface area contributed by atoms with Gasteiger partial charge in [-0.2, -0.15) is 0 Å². The molecule has 0 radical (unpaired) electrons. The second-order valence-electron chi connectivity index (χ2n) is 7.81. The maximum absolute atomic E-state index is 12.0. The molecule has 0 aliphatic heterocycles. The zero-order valence-electron chi connectivity index (χ0n) is 19.5. The number of carbonyl (C=O) groups is 1. The maximum atomic E-state index is 12.0. The Bertz CT molecular complexity index is 833. The van der Waals surface area contributed by atoms with Gasteiger partial charge < -0.3 is 24.1 Å². The molecule has 2 rings (SSSR count). The van der Waals surface area contributed by atoms with Crippen LogP contribution in [0.2, 0.25) is 0 Å². The third kappa shape index (κ3) is 8.69. The van der Waals surface area contributed by atoms with Crippen LogP contribution in [0.5, 0.6) is 23.0 Å². The van der Waals surface area contributed by atoms with E-state index in [0.29, 0.717) is 30.3 Å². The summed E-state index contributed by atoms with van der Waals surface area (Å²) in [6.45, 7) is 2.71. The standard InChI is InChI=1S/C26H36O6/c1-4-5-6-7-8-9-10-11-26(28)32-19-21-13-15-23(25(17-21)30-3)31-18-20-12-14-22(27)24(16-20)29-2/h12-17,27H,4-11,18-19H2,1-3H3. The first-order valence-corrected chi connectivity index (χ1v) is 11.4. The van der Waals surface area contributed by atoms with Crippen molar-refractivity contribution in [2.45, 2.75) is 71.5 Å². The highest BCUT2D eigenvalue weighted by molar-refractivity contribution is 5.69. The lowest BCUT2D eigenvalue weighted by Gasteiger charge is -2.13. The molecule has 0 amide bonds. The zero-order valence-corrected chi connectivity index (χ0v) is 19.5. The molecule has 2 aromatic rings. The number of methoxy groups -OCH3 is 2. The van der Waals surface area contributed by atoms with E-state index in [2.05, 4.69) is 6.92 Å². The van der Waals surface area contributed by atoms with Gasteiger partial charge in [0, 0.05) is 6.42 Å². The van der Waals surface area contributed by atoms with Crippen molar-refractivity contribution >= 4 is 5.97 Å². The van der Waals surface area contributed by atoms with Gasteiger partial charge in [0.25, 0.3) is 0 Å². The van der Waals surface area contributed by atoms with Crippen molar-refractivity contribution in [3.63, 3.8) is 0 Å². The number of benzene rings is 2. The lowest BCUT2D eigenvalue weighted by Crippen LogP contribution is -2.05. The van der Waals surface area contributed by atoms with Crippen molar-refractivity contribution in [1.29, 1.82) is 0 Å². The number of hydrogen-bond acceptors (Lipinski definition) is 6. The largest absolute Gasteiger partial charge is 0.504 e. The van der Waals surface area contributed by atoms with Crippen molar-refractivity contribution < 1.29 is 28.8 Å². The van der Waals surface area contributed by atoms with Crippen molar-refractivity contribution in [3.8, 4) is 23.0 Å². The van der Waals surface area contributed by atoms with Gasteiger partial charge in [-0.05, 0) is 41.8 Å². The van der Waals surface area contributed by atoms with Gasteiger partial charge in [0.1, 0.15) is 13.2 Å². The molecule has 0 unspecified atom stereocenters. The minimum atomic E-state index is -0.167. The third-order valence-electron chi connectivity index (χ3n) is 5.25. The molecule has 176 valence electrons. The summed E-state index contributed by atoms with van der Waals surface area (Å²) in [5, 5.41) is 9.70. The maximum Gasteiger partial charge on any atom is 0.306 e. The van der Waals surface area contributed by atoms with Crippen LogP contribution in [0.3, 0.4) is 0 Å². The van der Waals surface area contributed by atoms with E-state index in [-0.39, 0.29) is 18.3 Å². The molecule has 0 aliphatic carbocycles. The monoisotopic (exact) mass is 444 g/mol. The Morgan fingerprint density at radius 2 is 1.41 bits per heavy atom. The highest BCUT2D eigenvalue weighted by Gasteiger charge is 2.10. The number of aromatic hydroxyl groups is 1. The highest BCUT2D eigenvalue weighted by Crippen LogP contribution is 2.31. The fraction of sp³-hybridized carbons (Fsp3) is 0.500. The molecule has 2 aromatic carbocycles. The fourth-order valence-electron chi connectivity index (χ4n) is 3.36. The van der Waals surface area contributed by atoms with E-state index in [9.17, 15) is 9.90 Å². The summed E-state index contributed by atoms with van der Waals surface area (Å²) in [6.07, 6.45) is 8.67. The summed E-state index contributed by atoms with van der Waals surface area (Å²) in [6, 6.07) is 10.5. The number of rotatable bonds is 15. The van der Waals surface area contributed by atoms with Crippen molar-refractivity contribution in [2.75, 3.05) is 14.2 Å². The molecule has 0 atom stereocenters. The molecule has 0 saturated carbocycles. The number of esters is 1. The molecule has 32 heavy (non-hydrogen) atoms. The van der Waals surface area contributed by atoms with E-state index >= 15 is 0 Å². The summed E-state index contributed by atoms with van der Waals surface area (Å²) in [5.74, 6) is 1.46. The molecule has 1 N–H and O–H groups in total. The van der Waals surface area contributed by atoms with Crippen LogP contribution in [0.1, 0.15) is 69.4 Å². The molecular formula is C26H36O6. The van der Waals surface area contributed by atoms with Crippen LogP contribution in [0.4, 0.5) is 0 Å². The average molecular weight is 445 g/mol. The highest BCUT2D eigenvalue weighted by atomic mass is 16.5. The van der Waals surface area contributed by atoms with Gasteiger partial charge in [-0.1, -0.05) is 57.6 Å². The fourth-order valence-corrected chi connectivity index (χ4v) is 3.36. The molecule has 0 aliphatic rings. The summed E-state index contributed by atoms with van der Waals surface area (Å²) < 4.78 is 21.8. The van der Waals surface area contributed by atoms with Gasteiger partial charge in [-0.3, -0.25) is 4.79 Å². The topological polar surface area (TPSA) is 74.2 Å². The first-order chi connectivity index (χ1) is 15.6. The van der Waals surface area contributed by atoms with Crippen LogP contribution in [0, 0.1) is 0 Å². The molecule has 0 fully saturated rings.